The Labute approximate surface area is 204 Å². The van der Waals surface area contributed by atoms with Gasteiger partial charge in [0.15, 0.2) is 0 Å². The normalized spacial score (nSPS) is 20.3. The van der Waals surface area contributed by atoms with Crippen molar-refractivity contribution in [3.8, 4) is 0 Å². The van der Waals surface area contributed by atoms with Crippen molar-refractivity contribution in [2.45, 2.75) is 45.6 Å². The molecule has 6 nitrogen and oxygen atoms in total. The number of methoxy groups -OCH3 is 1. The van der Waals surface area contributed by atoms with Crippen LogP contribution in [-0.4, -0.2) is 68.5 Å². The van der Waals surface area contributed by atoms with Gasteiger partial charge >= 0.3 is 5.97 Å². The fourth-order valence-corrected chi connectivity index (χ4v) is 4.85. The average Bonchev–Trinajstić information content (AvgIpc) is 2.80. The van der Waals surface area contributed by atoms with Gasteiger partial charge in [-0.15, -0.1) is 0 Å². The van der Waals surface area contributed by atoms with Gasteiger partial charge in [-0.1, -0.05) is 32.6 Å². The molecule has 0 aromatic heterocycles. The molecule has 2 aliphatic heterocycles. The molecule has 0 unspecified atom stereocenters. The molecular weight excluding hydrogens is 428 g/mol. The number of nitrogens with zero attached hydrogens (tertiary/aromatic N) is 2. The molecule has 0 spiro atoms. The van der Waals surface area contributed by atoms with Gasteiger partial charge in [0, 0.05) is 46.0 Å². The second-order valence-electron chi connectivity index (χ2n) is 10.3. The Morgan fingerprint density at radius 3 is 2.44 bits per heavy atom. The van der Waals surface area contributed by atoms with E-state index in [1.807, 2.05) is 26.1 Å². The lowest BCUT2D eigenvalue weighted by Crippen LogP contribution is -2.51. The third-order valence-corrected chi connectivity index (χ3v) is 7.26. The summed E-state index contributed by atoms with van der Waals surface area (Å²) in [6.07, 6.45) is 7.39. The number of anilines is 1. The lowest BCUT2D eigenvalue weighted by atomic mass is 9.78. The molecule has 186 valence electrons. The number of hydrogen-bond acceptors (Lipinski definition) is 5. The van der Waals surface area contributed by atoms with E-state index < -0.39 is 5.97 Å². The fraction of sp³-hybridized carbons (Fsp3) is 0.536. The number of carboxylic acids is 1. The summed E-state index contributed by atoms with van der Waals surface area (Å²) < 4.78 is 12.0. The number of ether oxygens (including phenoxy) is 2. The predicted octanol–water partition coefficient (Wildman–Crippen LogP) is 5.13. The van der Waals surface area contributed by atoms with Crippen molar-refractivity contribution in [1.82, 2.24) is 4.90 Å². The highest BCUT2D eigenvalue weighted by atomic mass is 16.5. The molecule has 1 N–H and O–H groups in total. The first-order valence-corrected chi connectivity index (χ1v) is 12.1. The Morgan fingerprint density at radius 1 is 1.24 bits per heavy atom. The average molecular weight is 469 g/mol. The number of aromatic carboxylic acids is 1. The van der Waals surface area contributed by atoms with Crippen molar-refractivity contribution >= 4 is 11.7 Å². The van der Waals surface area contributed by atoms with Gasteiger partial charge in [-0.25, -0.2) is 4.79 Å². The number of likely N-dealkylation sites (tertiary alicyclic amines) is 1. The van der Waals surface area contributed by atoms with E-state index >= 15 is 0 Å². The standard InChI is InChI=1S/C28H40N2O4/c1-21(2)25-24(27(3,4)15-19-34-25)8-7-16-30-17-13-28(33-6,14-18-30)20-29(5)23-11-9-22(10-12-23)26(31)32/h7-12H,1,13-20H2,2-6H3,(H,31,32)/b8-7+. The topological polar surface area (TPSA) is 62.2 Å². The van der Waals surface area contributed by atoms with Gasteiger partial charge in [0.05, 0.1) is 17.8 Å². The van der Waals surface area contributed by atoms with Crippen LogP contribution in [0.1, 0.15) is 50.4 Å². The van der Waals surface area contributed by atoms with Crippen LogP contribution in [0.4, 0.5) is 5.69 Å². The number of piperidine rings is 1. The molecule has 1 aromatic rings. The number of allylic oxidation sites excluding steroid dienone is 3. The van der Waals surface area contributed by atoms with E-state index in [9.17, 15) is 4.79 Å². The number of carboxylic acid groups (broad SMARTS) is 1. The summed E-state index contributed by atoms with van der Waals surface area (Å²) in [7, 11) is 3.83. The van der Waals surface area contributed by atoms with E-state index in [1.165, 1.54) is 5.57 Å². The van der Waals surface area contributed by atoms with E-state index in [-0.39, 0.29) is 11.0 Å². The molecule has 0 bridgehead atoms. The van der Waals surface area contributed by atoms with E-state index in [4.69, 9.17) is 14.6 Å². The molecular formula is C28H40N2O4. The Balaban J connectivity index is 1.58. The number of hydrogen-bond donors (Lipinski definition) is 1. The van der Waals surface area contributed by atoms with Crippen molar-refractivity contribution in [1.29, 1.82) is 0 Å². The van der Waals surface area contributed by atoms with Gasteiger partial charge in [-0.2, -0.15) is 0 Å². The van der Waals surface area contributed by atoms with Gasteiger partial charge < -0.3 is 19.5 Å². The summed E-state index contributed by atoms with van der Waals surface area (Å²) in [4.78, 5) is 15.7. The van der Waals surface area contributed by atoms with Crippen molar-refractivity contribution in [3.63, 3.8) is 0 Å². The molecule has 0 amide bonds. The molecule has 0 atom stereocenters. The smallest absolute Gasteiger partial charge is 0.335 e. The van der Waals surface area contributed by atoms with Crippen LogP contribution in [0.3, 0.4) is 0 Å². The molecule has 0 aliphatic carbocycles. The SMILES string of the molecule is C=C(C)C1=C(/C=C/CN2CCC(CN(C)c3ccc(C(=O)O)cc3)(OC)CC2)C(C)(C)CCO1. The van der Waals surface area contributed by atoms with Crippen LogP contribution < -0.4 is 4.90 Å². The minimum atomic E-state index is -0.907. The highest BCUT2D eigenvalue weighted by Crippen LogP contribution is 2.39. The summed E-state index contributed by atoms with van der Waals surface area (Å²) in [5.41, 5.74) is 3.39. The Hall–Kier alpha value is -2.57. The van der Waals surface area contributed by atoms with E-state index in [1.54, 1.807) is 19.2 Å². The fourth-order valence-electron chi connectivity index (χ4n) is 4.85. The zero-order chi connectivity index (χ0) is 24.9. The third-order valence-electron chi connectivity index (χ3n) is 7.26. The summed E-state index contributed by atoms with van der Waals surface area (Å²) in [6.45, 7) is 15.0. The zero-order valence-corrected chi connectivity index (χ0v) is 21.4. The molecule has 1 aromatic carbocycles. The zero-order valence-electron chi connectivity index (χ0n) is 21.4. The molecule has 3 rings (SSSR count). The first-order chi connectivity index (χ1) is 16.1. The highest BCUT2D eigenvalue weighted by Gasteiger charge is 2.36. The second-order valence-corrected chi connectivity index (χ2v) is 10.3. The van der Waals surface area contributed by atoms with Crippen molar-refractivity contribution in [3.05, 3.63) is 65.5 Å². The molecule has 2 aliphatic rings. The predicted molar refractivity (Wildman–Crippen MR) is 137 cm³/mol. The first-order valence-electron chi connectivity index (χ1n) is 12.1. The van der Waals surface area contributed by atoms with E-state index in [0.717, 1.165) is 69.1 Å². The lowest BCUT2D eigenvalue weighted by molar-refractivity contribution is -0.0484. The third kappa shape index (κ3) is 6.10. The second kappa shape index (κ2) is 10.8. The van der Waals surface area contributed by atoms with Crippen LogP contribution in [0.15, 0.2) is 59.9 Å². The maximum atomic E-state index is 11.1. The first kappa shape index (κ1) is 26.0. The van der Waals surface area contributed by atoms with Crippen molar-refractivity contribution in [2.24, 2.45) is 5.41 Å². The van der Waals surface area contributed by atoms with E-state index in [0.29, 0.717) is 5.56 Å². The van der Waals surface area contributed by atoms with Gasteiger partial charge in [-0.3, -0.25) is 4.90 Å². The van der Waals surface area contributed by atoms with Crippen LogP contribution in [0, 0.1) is 5.41 Å². The summed E-state index contributed by atoms with van der Waals surface area (Å²) in [5, 5.41) is 9.12. The maximum absolute atomic E-state index is 11.1. The molecule has 1 saturated heterocycles. The molecule has 1 fully saturated rings. The van der Waals surface area contributed by atoms with Crippen molar-refractivity contribution < 1.29 is 19.4 Å². The summed E-state index contributed by atoms with van der Waals surface area (Å²) in [6, 6.07) is 7.01. The number of carbonyl (C=O) groups is 1. The minimum absolute atomic E-state index is 0.0867. The van der Waals surface area contributed by atoms with Gasteiger partial charge in [0.25, 0.3) is 0 Å². The largest absolute Gasteiger partial charge is 0.493 e. The quantitative estimate of drug-likeness (QED) is 0.542. The molecule has 6 heteroatoms. The highest BCUT2D eigenvalue weighted by molar-refractivity contribution is 5.88. The van der Waals surface area contributed by atoms with Crippen LogP contribution in [-0.2, 0) is 9.47 Å². The van der Waals surface area contributed by atoms with Crippen LogP contribution >= 0.6 is 0 Å². The van der Waals surface area contributed by atoms with Crippen molar-refractivity contribution in [2.75, 3.05) is 51.8 Å². The number of likely N-dealkylation sites (N-methyl/N-ethyl adjacent to an activating group) is 1. The van der Waals surface area contributed by atoms with Crippen LogP contribution in [0.5, 0.6) is 0 Å². The van der Waals surface area contributed by atoms with Crippen LogP contribution in [0.2, 0.25) is 0 Å². The van der Waals surface area contributed by atoms with Gasteiger partial charge in [-0.05, 0) is 67.0 Å². The summed E-state index contributed by atoms with van der Waals surface area (Å²) >= 11 is 0. The molecule has 0 radical (unpaired) electrons. The molecule has 2 heterocycles. The van der Waals surface area contributed by atoms with Gasteiger partial charge in [0.1, 0.15) is 5.76 Å². The minimum Gasteiger partial charge on any atom is -0.493 e. The molecule has 34 heavy (non-hydrogen) atoms. The van der Waals surface area contributed by atoms with E-state index in [2.05, 4.69) is 42.4 Å². The Morgan fingerprint density at radius 2 is 1.88 bits per heavy atom. The summed E-state index contributed by atoms with van der Waals surface area (Å²) in [5.74, 6) is 0.0414. The number of rotatable bonds is 9. The monoisotopic (exact) mass is 468 g/mol. The van der Waals surface area contributed by atoms with Crippen LogP contribution in [0.25, 0.3) is 0 Å². The lowest BCUT2D eigenvalue weighted by Gasteiger charge is -2.43. The Kier molecular flexibility index (Phi) is 8.26. The number of benzene rings is 1. The molecule has 0 saturated carbocycles. The van der Waals surface area contributed by atoms with Gasteiger partial charge in [0.2, 0.25) is 0 Å². The maximum Gasteiger partial charge on any atom is 0.335 e. The Bertz CT molecular complexity index is 938.